The van der Waals surface area contributed by atoms with Crippen molar-refractivity contribution in [1.82, 2.24) is 0 Å². The van der Waals surface area contributed by atoms with Crippen LogP contribution in [0.2, 0.25) is 0 Å². The number of rotatable bonds is 7. The number of allylic oxidation sites excluding steroid dienone is 1. The van der Waals surface area contributed by atoms with Gasteiger partial charge in [0.2, 0.25) is 11.6 Å². The minimum absolute atomic E-state index is 0.0710. The predicted octanol–water partition coefficient (Wildman–Crippen LogP) is 9.53. The topological polar surface area (TPSA) is 34.1 Å². The molecule has 5 aromatic rings. The first-order valence-corrected chi connectivity index (χ1v) is 15.3. The average Bonchev–Trinajstić information content (AvgIpc) is 3.74. The summed E-state index contributed by atoms with van der Waals surface area (Å²) in [4.78, 5) is 33.4. The maximum Gasteiger partial charge on any atom is 0.202 e. The van der Waals surface area contributed by atoms with Gasteiger partial charge in [0, 0.05) is 40.8 Å². The van der Waals surface area contributed by atoms with E-state index in [1.54, 1.807) is 34.0 Å². The van der Waals surface area contributed by atoms with E-state index >= 15 is 0 Å². The van der Waals surface area contributed by atoms with Crippen molar-refractivity contribution in [1.29, 1.82) is 0 Å². The van der Waals surface area contributed by atoms with Crippen molar-refractivity contribution in [3.05, 3.63) is 133 Å². The summed E-state index contributed by atoms with van der Waals surface area (Å²) < 4.78 is 0. The molecule has 0 saturated heterocycles. The Morgan fingerprint density at radius 1 is 0.676 bits per heavy atom. The molecule has 1 unspecified atom stereocenters. The van der Waals surface area contributed by atoms with Crippen LogP contribution < -0.4 is 0 Å². The van der Waals surface area contributed by atoms with Gasteiger partial charge in [-0.2, -0.15) is 0 Å². The summed E-state index contributed by atoms with van der Waals surface area (Å²) >= 11 is 6.81. The predicted molar refractivity (Wildman–Crippen MR) is 159 cm³/mol. The first-order valence-electron chi connectivity index (χ1n) is 11.9. The SMILES string of the molecule is Cc1cccc(C(=O)c2ccc(C3CC=C(c4ccc(-c5ccc(C(=O)c6ccccc6)s5)s4)S3)s2)c1. The lowest BCUT2D eigenvalue weighted by Gasteiger charge is -2.06. The van der Waals surface area contributed by atoms with Crippen LogP contribution in [0.1, 0.15) is 57.5 Å². The highest BCUT2D eigenvalue weighted by atomic mass is 32.2. The lowest BCUT2D eigenvalue weighted by atomic mass is 10.1. The summed E-state index contributed by atoms with van der Waals surface area (Å²) in [6.45, 7) is 2.01. The second kappa shape index (κ2) is 10.4. The highest BCUT2D eigenvalue weighted by Crippen LogP contribution is 2.51. The van der Waals surface area contributed by atoms with Crippen LogP contribution in [0.5, 0.6) is 0 Å². The lowest BCUT2D eigenvalue weighted by Crippen LogP contribution is -1.98. The molecule has 0 radical (unpaired) electrons. The van der Waals surface area contributed by atoms with Gasteiger partial charge in [-0.3, -0.25) is 9.59 Å². The molecule has 6 heteroatoms. The third-order valence-corrected chi connectivity index (χ3v) is 11.4. The van der Waals surface area contributed by atoms with Gasteiger partial charge < -0.3 is 0 Å². The van der Waals surface area contributed by atoms with Gasteiger partial charge in [-0.05, 0) is 55.8 Å². The molecule has 37 heavy (non-hydrogen) atoms. The maximum absolute atomic E-state index is 12.9. The van der Waals surface area contributed by atoms with Gasteiger partial charge in [0.05, 0.1) is 9.75 Å². The molecule has 1 aliphatic heterocycles. The summed E-state index contributed by atoms with van der Waals surface area (Å²) in [6.07, 6.45) is 3.27. The van der Waals surface area contributed by atoms with Crippen molar-refractivity contribution in [3.63, 3.8) is 0 Å². The molecule has 2 nitrogen and oxygen atoms in total. The zero-order valence-corrected chi connectivity index (χ0v) is 23.2. The van der Waals surface area contributed by atoms with E-state index in [1.165, 1.54) is 19.5 Å². The van der Waals surface area contributed by atoms with Crippen LogP contribution in [0.15, 0.2) is 97.1 Å². The number of carbonyl (C=O) groups excluding carboxylic acids is 2. The zero-order chi connectivity index (χ0) is 25.4. The van der Waals surface area contributed by atoms with Gasteiger partial charge in [-0.15, -0.1) is 45.8 Å². The number of benzene rings is 2. The van der Waals surface area contributed by atoms with Crippen molar-refractivity contribution >= 4 is 62.2 Å². The molecule has 0 fully saturated rings. The van der Waals surface area contributed by atoms with Gasteiger partial charge in [-0.25, -0.2) is 0 Å². The molecule has 4 heterocycles. The van der Waals surface area contributed by atoms with E-state index in [-0.39, 0.29) is 11.6 Å². The quantitative estimate of drug-likeness (QED) is 0.188. The van der Waals surface area contributed by atoms with Crippen molar-refractivity contribution in [2.24, 2.45) is 0 Å². The minimum Gasteiger partial charge on any atom is -0.288 e. The molecule has 6 rings (SSSR count). The number of thioether (sulfide) groups is 1. The minimum atomic E-state index is 0.0710. The summed E-state index contributed by atoms with van der Waals surface area (Å²) in [5, 5.41) is 0.335. The molecule has 1 aliphatic rings. The molecule has 182 valence electrons. The molecular formula is C31H22O2S4. The Kier molecular flexibility index (Phi) is 6.82. The van der Waals surface area contributed by atoms with Crippen LogP contribution in [-0.2, 0) is 0 Å². The molecule has 2 aromatic carbocycles. The van der Waals surface area contributed by atoms with Crippen LogP contribution in [0.25, 0.3) is 14.7 Å². The van der Waals surface area contributed by atoms with Gasteiger partial charge in [0.1, 0.15) is 0 Å². The number of thiophene rings is 3. The summed E-state index contributed by atoms with van der Waals surface area (Å²) in [7, 11) is 0. The molecule has 0 aliphatic carbocycles. The number of ketones is 2. The summed E-state index contributed by atoms with van der Waals surface area (Å²) in [6, 6.07) is 29.6. The second-order valence-electron chi connectivity index (χ2n) is 8.83. The summed E-state index contributed by atoms with van der Waals surface area (Å²) in [5.41, 5.74) is 2.57. The van der Waals surface area contributed by atoms with Crippen LogP contribution in [0.4, 0.5) is 0 Å². The number of carbonyl (C=O) groups is 2. The number of aryl methyl sites for hydroxylation is 1. The maximum atomic E-state index is 12.9. The molecular weight excluding hydrogens is 533 g/mol. The highest BCUT2D eigenvalue weighted by Gasteiger charge is 2.25. The molecule has 1 atom stereocenters. The van der Waals surface area contributed by atoms with E-state index in [0.29, 0.717) is 5.25 Å². The molecule has 0 saturated carbocycles. The van der Waals surface area contributed by atoms with E-state index in [9.17, 15) is 9.59 Å². The first-order chi connectivity index (χ1) is 18.0. The molecule has 0 bridgehead atoms. The van der Waals surface area contributed by atoms with Crippen molar-refractivity contribution in [3.8, 4) is 9.75 Å². The molecule has 0 amide bonds. The van der Waals surface area contributed by atoms with E-state index in [2.05, 4.69) is 24.3 Å². The second-order valence-corrected chi connectivity index (χ2v) is 13.4. The largest absolute Gasteiger partial charge is 0.288 e. The van der Waals surface area contributed by atoms with Gasteiger partial charge in [-0.1, -0.05) is 60.2 Å². The molecule has 3 aromatic heterocycles. The van der Waals surface area contributed by atoms with Crippen LogP contribution in [0, 0.1) is 6.92 Å². The third kappa shape index (κ3) is 5.07. The summed E-state index contributed by atoms with van der Waals surface area (Å²) in [5.74, 6) is 0.168. The monoisotopic (exact) mass is 554 g/mol. The van der Waals surface area contributed by atoms with Crippen molar-refractivity contribution in [2.45, 2.75) is 18.6 Å². The number of hydrogen-bond acceptors (Lipinski definition) is 6. The normalized spacial score (nSPS) is 15.1. The molecule has 0 N–H and O–H groups in total. The fraction of sp³-hybridized carbons (Fsp3) is 0.0968. The Bertz CT molecular complexity index is 1630. The Morgan fingerprint density at radius 2 is 1.35 bits per heavy atom. The van der Waals surface area contributed by atoms with Crippen molar-refractivity contribution < 1.29 is 9.59 Å². The standard InChI is InChI=1S/C31H22O2S4/c1-19-6-5-9-21(18-19)31(33)29-17-15-27(37-29)25-13-11-23(35-25)22-10-12-24(34-22)26-14-16-28(36-26)30(32)20-7-3-2-4-8-20/h2-12,14-18,25H,13H2,1H3. The van der Waals surface area contributed by atoms with Crippen LogP contribution >= 0.6 is 45.8 Å². The molecule has 0 spiro atoms. The number of hydrogen-bond donors (Lipinski definition) is 0. The average molecular weight is 555 g/mol. The lowest BCUT2D eigenvalue weighted by molar-refractivity contribution is 0.103. The smallest absolute Gasteiger partial charge is 0.202 e. The van der Waals surface area contributed by atoms with Gasteiger partial charge >= 0.3 is 0 Å². The van der Waals surface area contributed by atoms with Gasteiger partial charge in [0.15, 0.2) is 0 Å². The Balaban J connectivity index is 1.13. The fourth-order valence-corrected chi connectivity index (χ4v) is 8.89. The van der Waals surface area contributed by atoms with Crippen molar-refractivity contribution in [2.75, 3.05) is 0 Å². The Hall–Kier alpha value is -3.03. The van der Waals surface area contributed by atoms with E-state index in [4.69, 9.17) is 0 Å². The zero-order valence-electron chi connectivity index (χ0n) is 20.0. The van der Waals surface area contributed by atoms with Crippen LogP contribution in [-0.4, -0.2) is 11.6 Å². The Labute approximate surface area is 232 Å². The highest BCUT2D eigenvalue weighted by molar-refractivity contribution is 8.09. The van der Waals surface area contributed by atoms with Crippen LogP contribution in [0.3, 0.4) is 0 Å². The van der Waals surface area contributed by atoms with E-state index in [1.807, 2.05) is 91.5 Å². The third-order valence-electron chi connectivity index (χ3n) is 6.19. The Morgan fingerprint density at radius 3 is 2.19 bits per heavy atom. The van der Waals surface area contributed by atoms with Gasteiger partial charge in [0.25, 0.3) is 0 Å². The van der Waals surface area contributed by atoms with E-state index < -0.39 is 0 Å². The fourth-order valence-electron chi connectivity index (χ4n) is 4.30. The van der Waals surface area contributed by atoms with E-state index in [0.717, 1.165) is 37.7 Å². The first kappa shape index (κ1) is 24.3.